The molecule has 0 saturated heterocycles. The molecule has 150 valence electrons. The maximum atomic E-state index is 12.3. The summed E-state index contributed by atoms with van der Waals surface area (Å²) >= 11 is 0. The van der Waals surface area contributed by atoms with Gasteiger partial charge in [-0.25, -0.2) is 4.98 Å². The number of methoxy groups -OCH3 is 2. The van der Waals surface area contributed by atoms with Gasteiger partial charge in [-0.1, -0.05) is 30.3 Å². The lowest BCUT2D eigenvalue weighted by molar-refractivity contribution is 0.0949. The zero-order valence-electron chi connectivity index (χ0n) is 16.6. The van der Waals surface area contributed by atoms with E-state index in [1.807, 2.05) is 54.6 Å². The molecule has 0 spiro atoms. The minimum absolute atomic E-state index is 0.191. The topological polar surface area (TPSA) is 72.5 Å². The third-order valence-corrected chi connectivity index (χ3v) is 4.50. The highest BCUT2D eigenvalue weighted by atomic mass is 16.5. The van der Waals surface area contributed by atoms with Gasteiger partial charge in [-0.15, -0.1) is 0 Å². The van der Waals surface area contributed by atoms with Gasteiger partial charge >= 0.3 is 0 Å². The van der Waals surface area contributed by atoms with Crippen molar-refractivity contribution in [3.63, 3.8) is 0 Å². The fourth-order valence-corrected chi connectivity index (χ4v) is 2.92. The van der Waals surface area contributed by atoms with Crippen molar-refractivity contribution in [3.8, 4) is 11.5 Å². The smallest absolute Gasteiger partial charge is 0.269 e. The van der Waals surface area contributed by atoms with Gasteiger partial charge in [0.15, 0.2) is 0 Å². The molecular weight excluding hydrogens is 366 g/mol. The molecule has 1 aromatic heterocycles. The van der Waals surface area contributed by atoms with Gasteiger partial charge in [0.2, 0.25) is 0 Å². The van der Waals surface area contributed by atoms with E-state index in [1.54, 1.807) is 26.5 Å². The van der Waals surface area contributed by atoms with Crippen LogP contribution in [-0.4, -0.2) is 31.7 Å². The third kappa shape index (κ3) is 5.72. The van der Waals surface area contributed by atoms with Crippen LogP contribution in [0.5, 0.6) is 11.5 Å². The summed E-state index contributed by atoms with van der Waals surface area (Å²) in [5, 5.41) is 6.19. The van der Waals surface area contributed by atoms with Crippen molar-refractivity contribution in [1.82, 2.24) is 10.3 Å². The molecule has 3 aromatic rings. The normalized spacial score (nSPS) is 10.3. The monoisotopic (exact) mass is 391 g/mol. The predicted octanol–water partition coefficient (Wildman–Crippen LogP) is 3.68. The number of pyridine rings is 1. The Labute approximate surface area is 170 Å². The maximum Gasteiger partial charge on any atom is 0.269 e. The lowest BCUT2D eigenvalue weighted by Gasteiger charge is -2.10. The predicted molar refractivity (Wildman–Crippen MR) is 114 cm³/mol. The van der Waals surface area contributed by atoms with E-state index in [2.05, 4.69) is 15.6 Å². The largest absolute Gasteiger partial charge is 0.497 e. The van der Waals surface area contributed by atoms with Crippen molar-refractivity contribution >= 4 is 11.6 Å². The molecule has 1 amide bonds. The lowest BCUT2D eigenvalue weighted by atomic mass is 10.1. The Morgan fingerprint density at radius 1 is 1.00 bits per heavy atom. The molecule has 3 rings (SSSR count). The van der Waals surface area contributed by atoms with E-state index in [9.17, 15) is 4.79 Å². The number of anilines is 1. The van der Waals surface area contributed by atoms with Gasteiger partial charge in [-0.2, -0.15) is 0 Å². The Balaban J connectivity index is 1.49. The van der Waals surface area contributed by atoms with Crippen LogP contribution in [0.1, 0.15) is 21.6 Å². The van der Waals surface area contributed by atoms with Crippen LogP contribution in [0.25, 0.3) is 0 Å². The molecule has 0 saturated carbocycles. The van der Waals surface area contributed by atoms with Crippen molar-refractivity contribution in [2.75, 3.05) is 26.1 Å². The molecule has 0 atom stereocenters. The standard InChI is InChI=1S/C23H25N3O3/c1-28-20-8-5-6-17(14-20)12-13-24-23(27)21-11-10-19(16-26-21)25-15-18-7-3-4-9-22(18)29-2/h3-11,14,16,25H,12-13,15H2,1-2H3,(H,24,27). The summed E-state index contributed by atoms with van der Waals surface area (Å²) in [6.45, 7) is 1.14. The number of ether oxygens (including phenoxy) is 2. The number of carbonyl (C=O) groups is 1. The second-order valence-electron chi connectivity index (χ2n) is 6.45. The number of para-hydroxylation sites is 1. The van der Waals surface area contributed by atoms with E-state index in [0.29, 0.717) is 18.8 Å². The first-order valence-corrected chi connectivity index (χ1v) is 9.42. The van der Waals surface area contributed by atoms with Crippen molar-refractivity contribution in [1.29, 1.82) is 0 Å². The van der Waals surface area contributed by atoms with Crippen LogP contribution in [0.4, 0.5) is 5.69 Å². The first-order chi connectivity index (χ1) is 14.2. The Morgan fingerprint density at radius 3 is 2.62 bits per heavy atom. The van der Waals surface area contributed by atoms with Crippen LogP contribution >= 0.6 is 0 Å². The number of carbonyl (C=O) groups excluding carboxylic acids is 1. The van der Waals surface area contributed by atoms with E-state index in [1.165, 1.54) is 0 Å². The van der Waals surface area contributed by atoms with Gasteiger partial charge in [-0.3, -0.25) is 4.79 Å². The van der Waals surface area contributed by atoms with Gasteiger partial charge in [-0.05, 0) is 42.3 Å². The van der Waals surface area contributed by atoms with Crippen LogP contribution in [0, 0.1) is 0 Å². The molecule has 29 heavy (non-hydrogen) atoms. The molecule has 0 aliphatic heterocycles. The second kappa shape index (κ2) is 10.1. The summed E-state index contributed by atoms with van der Waals surface area (Å²) in [6.07, 6.45) is 2.38. The minimum atomic E-state index is -0.191. The number of nitrogens with one attached hydrogen (secondary N) is 2. The van der Waals surface area contributed by atoms with Crippen LogP contribution in [0.3, 0.4) is 0 Å². The number of hydrogen-bond donors (Lipinski definition) is 2. The van der Waals surface area contributed by atoms with Gasteiger partial charge in [0.1, 0.15) is 17.2 Å². The van der Waals surface area contributed by atoms with Crippen LogP contribution < -0.4 is 20.1 Å². The lowest BCUT2D eigenvalue weighted by Crippen LogP contribution is -2.26. The molecule has 6 nitrogen and oxygen atoms in total. The van der Waals surface area contributed by atoms with Crippen molar-refractivity contribution in [2.24, 2.45) is 0 Å². The number of amides is 1. The summed E-state index contributed by atoms with van der Waals surface area (Å²) in [5.41, 5.74) is 3.38. The number of rotatable bonds is 9. The highest BCUT2D eigenvalue weighted by Gasteiger charge is 2.07. The molecule has 0 unspecified atom stereocenters. The Kier molecular flexibility index (Phi) is 7.05. The summed E-state index contributed by atoms with van der Waals surface area (Å²) in [7, 11) is 3.30. The van der Waals surface area contributed by atoms with Crippen LogP contribution in [0.15, 0.2) is 66.9 Å². The number of hydrogen-bond acceptors (Lipinski definition) is 5. The first-order valence-electron chi connectivity index (χ1n) is 9.42. The molecule has 0 bridgehead atoms. The molecule has 0 aliphatic rings. The number of nitrogens with zero attached hydrogens (tertiary/aromatic N) is 1. The molecule has 1 heterocycles. The summed E-state index contributed by atoms with van der Waals surface area (Å²) in [4.78, 5) is 16.6. The fraction of sp³-hybridized carbons (Fsp3) is 0.217. The van der Waals surface area contributed by atoms with Gasteiger partial charge in [0.25, 0.3) is 5.91 Å². The zero-order valence-corrected chi connectivity index (χ0v) is 16.6. The van der Waals surface area contributed by atoms with Crippen LogP contribution in [-0.2, 0) is 13.0 Å². The van der Waals surface area contributed by atoms with E-state index in [-0.39, 0.29) is 5.91 Å². The average molecular weight is 391 g/mol. The molecule has 0 radical (unpaired) electrons. The highest BCUT2D eigenvalue weighted by molar-refractivity contribution is 5.92. The highest BCUT2D eigenvalue weighted by Crippen LogP contribution is 2.19. The number of aromatic nitrogens is 1. The molecule has 0 fully saturated rings. The Hall–Kier alpha value is -3.54. The molecule has 2 N–H and O–H groups in total. The van der Waals surface area contributed by atoms with Gasteiger partial charge < -0.3 is 20.1 Å². The second-order valence-corrected chi connectivity index (χ2v) is 6.45. The van der Waals surface area contributed by atoms with Crippen molar-refractivity contribution in [3.05, 3.63) is 83.7 Å². The van der Waals surface area contributed by atoms with E-state index in [0.717, 1.165) is 34.7 Å². The quantitative estimate of drug-likeness (QED) is 0.582. The molecular formula is C23H25N3O3. The summed E-state index contributed by atoms with van der Waals surface area (Å²) in [6, 6.07) is 19.2. The van der Waals surface area contributed by atoms with Crippen molar-refractivity contribution < 1.29 is 14.3 Å². The van der Waals surface area contributed by atoms with Gasteiger partial charge in [0.05, 0.1) is 26.1 Å². The fourth-order valence-electron chi connectivity index (χ4n) is 2.92. The van der Waals surface area contributed by atoms with Gasteiger partial charge in [0, 0.05) is 18.7 Å². The maximum absolute atomic E-state index is 12.3. The number of benzene rings is 2. The Bertz CT molecular complexity index is 942. The van der Waals surface area contributed by atoms with Crippen molar-refractivity contribution in [2.45, 2.75) is 13.0 Å². The molecule has 0 aliphatic carbocycles. The molecule has 2 aromatic carbocycles. The summed E-state index contributed by atoms with van der Waals surface area (Å²) in [5.74, 6) is 1.45. The summed E-state index contributed by atoms with van der Waals surface area (Å²) < 4.78 is 10.6. The Morgan fingerprint density at radius 2 is 1.86 bits per heavy atom. The minimum Gasteiger partial charge on any atom is -0.497 e. The molecule has 6 heteroatoms. The van der Waals surface area contributed by atoms with E-state index >= 15 is 0 Å². The average Bonchev–Trinajstić information content (AvgIpc) is 2.78. The van der Waals surface area contributed by atoms with E-state index < -0.39 is 0 Å². The first kappa shape index (κ1) is 20.2. The zero-order chi connectivity index (χ0) is 20.5. The van der Waals surface area contributed by atoms with E-state index in [4.69, 9.17) is 9.47 Å². The SMILES string of the molecule is COc1cccc(CCNC(=O)c2ccc(NCc3ccccc3OC)cn2)c1. The van der Waals surface area contributed by atoms with Crippen LogP contribution in [0.2, 0.25) is 0 Å². The third-order valence-electron chi connectivity index (χ3n) is 4.50.